The monoisotopic (exact) mass is 215 g/mol. The molecule has 0 radical (unpaired) electrons. The fourth-order valence-corrected chi connectivity index (χ4v) is 1.84. The molecular weight excluding hydrogens is 198 g/mol. The standard InChI is InChI=1S/C14H17NO/c1-3-15-14(12-7-5-4-6-8-12)13-10-9-11(2)16-13/h4-10,14-15H,3H2,1-2H3. The normalized spacial score (nSPS) is 12.6. The topological polar surface area (TPSA) is 25.2 Å². The highest BCUT2D eigenvalue weighted by atomic mass is 16.3. The number of nitrogens with one attached hydrogen (secondary N) is 1. The summed E-state index contributed by atoms with van der Waals surface area (Å²) in [6.45, 7) is 4.99. The van der Waals surface area contributed by atoms with Gasteiger partial charge in [0.05, 0.1) is 6.04 Å². The second-order valence-electron chi connectivity index (χ2n) is 3.85. The van der Waals surface area contributed by atoms with Crippen molar-refractivity contribution in [3.05, 3.63) is 59.5 Å². The van der Waals surface area contributed by atoms with Crippen LogP contribution in [0.25, 0.3) is 0 Å². The van der Waals surface area contributed by atoms with Crippen molar-refractivity contribution in [2.75, 3.05) is 6.54 Å². The molecule has 1 N–H and O–H groups in total. The van der Waals surface area contributed by atoms with Crippen molar-refractivity contribution >= 4 is 0 Å². The lowest BCUT2D eigenvalue weighted by Crippen LogP contribution is -2.21. The third kappa shape index (κ3) is 2.34. The summed E-state index contributed by atoms with van der Waals surface area (Å²) in [6, 6.07) is 14.6. The number of hydrogen-bond acceptors (Lipinski definition) is 2. The smallest absolute Gasteiger partial charge is 0.125 e. The van der Waals surface area contributed by atoms with E-state index in [0.717, 1.165) is 18.1 Å². The van der Waals surface area contributed by atoms with Crippen LogP contribution in [0.5, 0.6) is 0 Å². The van der Waals surface area contributed by atoms with Gasteiger partial charge in [0, 0.05) is 0 Å². The van der Waals surface area contributed by atoms with E-state index in [1.165, 1.54) is 5.56 Å². The van der Waals surface area contributed by atoms with Gasteiger partial charge in [0.1, 0.15) is 11.5 Å². The minimum Gasteiger partial charge on any atom is -0.464 e. The largest absolute Gasteiger partial charge is 0.464 e. The van der Waals surface area contributed by atoms with E-state index < -0.39 is 0 Å². The Bertz CT molecular complexity index is 433. The van der Waals surface area contributed by atoms with Gasteiger partial charge in [-0.05, 0) is 31.2 Å². The van der Waals surface area contributed by atoms with E-state index in [1.807, 2.05) is 25.1 Å². The SMILES string of the molecule is CCNC(c1ccccc1)c1ccc(C)o1. The van der Waals surface area contributed by atoms with Crippen LogP contribution >= 0.6 is 0 Å². The highest BCUT2D eigenvalue weighted by Crippen LogP contribution is 2.23. The Morgan fingerprint density at radius 2 is 1.88 bits per heavy atom. The highest BCUT2D eigenvalue weighted by Gasteiger charge is 2.15. The van der Waals surface area contributed by atoms with Gasteiger partial charge >= 0.3 is 0 Å². The molecule has 0 aliphatic heterocycles. The summed E-state index contributed by atoms with van der Waals surface area (Å²) in [5, 5.41) is 3.43. The lowest BCUT2D eigenvalue weighted by atomic mass is 10.0. The highest BCUT2D eigenvalue weighted by molar-refractivity contribution is 5.27. The molecule has 0 saturated carbocycles. The number of furan rings is 1. The first-order valence-electron chi connectivity index (χ1n) is 5.66. The molecule has 1 aromatic heterocycles. The average Bonchev–Trinajstić information content (AvgIpc) is 2.74. The molecule has 2 rings (SSSR count). The Morgan fingerprint density at radius 1 is 1.12 bits per heavy atom. The predicted molar refractivity (Wildman–Crippen MR) is 65.4 cm³/mol. The second kappa shape index (κ2) is 4.99. The molecule has 0 amide bonds. The summed E-state index contributed by atoms with van der Waals surface area (Å²) in [5.74, 6) is 1.93. The van der Waals surface area contributed by atoms with Crippen molar-refractivity contribution < 1.29 is 4.42 Å². The number of hydrogen-bond donors (Lipinski definition) is 1. The Balaban J connectivity index is 2.31. The molecule has 0 aliphatic carbocycles. The predicted octanol–water partition coefficient (Wildman–Crippen LogP) is 3.29. The summed E-state index contributed by atoms with van der Waals surface area (Å²) >= 11 is 0. The lowest BCUT2D eigenvalue weighted by Gasteiger charge is -2.15. The molecule has 0 aliphatic rings. The zero-order valence-electron chi connectivity index (χ0n) is 9.73. The zero-order valence-corrected chi connectivity index (χ0v) is 9.73. The first kappa shape index (κ1) is 11.0. The van der Waals surface area contributed by atoms with Gasteiger partial charge in [-0.25, -0.2) is 0 Å². The van der Waals surface area contributed by atoms with Gasteiger partial charge in [0.15, 0.2) is 0 Å². The summed E-state index contributed by atoms with van der Waals surface area (Å²) in [6.07, 6.45) is 0. The van der Waals surface area contributed by atoms with Crippen LogP contribution in [-0.2, 0) is 0 Å². The first-order chi connectivity index (χ1) is 7.81. The van der Waals surface area contributed by atoms with Crippen molar-refractivity contribution in [2.45, 2.75) is 19.9 Å². The molecule has 2 nitrogen and oxygen atoms in total. The van der Waals surface area contributed by atoms with Gasteiger partial charge in [-0.1, -0.05) is 37.3 Å². The van der Waals surface area contributed by atoms with Gasteiger partial charge in [0.25, 0.3) is 0 Å². The summed E-state index contributed by atoms with van der Waals surface area (Å²) in [7, 11) is 0. The van der Waals surface area contributed by atoms with Crippen LogP contribution < -0.4 is 5.32 Å². The Kier molecular flexibility index (Phi) is 3.42. The zero-order chi connectivity index (χ0) is 11.4. The Hall–Kier alpha value is -1.54. The van der Waals surface area contributed by atoms with Crippen LogP contribution in [-0.4, -0.2) is 6.54 Å². The van der Waals surface area contributed by atoms with Crippen molar-refractivity contribution in [3.63, 3.8) is 0 Å². The fraction of sp³-hybridized carbons (Fsp3) is 0.286. The van der Waals surface area contributed by atoms with Crippen LogP contribution in [0.1, 0.15) is 30.0 Å². The lowest BCUT2D eigenvalue weighted by molar-refractivity contribution is 0.435. The third-order valence-corrected chi connectivity index (χ3v) is 2.59. The molecular formula is C14H17NO. The maximum absolute atomic E-state index is 5.69. The molecule has 0 spiro atoms. The molecule has 1 atom stereocenters. The van der Waals surface area contributed by atoms with Gasteiger partial charge in [-0.2, -0.15) is 0 Å². The Labute approximate surface area is 96.3 Å². The minimum absolute atomic E-state index is 0.153. The van der Waals surface area contributed by atoms with E-state index in [2.05, 4.69) is 36.5 Å². The maximum atomic E-state index is 5.69. The average molecular weight is 215 g/mol. The van der Waals surface area contributed by atoms with Crippen LogP contribution in [0, 0.1) is 6.92 Å². The summed E-state index contributed by atoms with van der Waals surface area (Å²) in [4.78, 5) is 0. The van der Waals surface area contributed by atoms with Gasteiger partial charge < -0.3 is 9.73 Å². The number of benzene rings is 1. The molecule has 0 fully saturated rings. The molecule has 1 aromatic carbocycles. The number of aryl methyl sites for hydroxylation is 1. The van der Waals surface area contributed by atoms with Gasteiger partial charge in [-0.15, -0.1) is 0 Å². The minimum atomic E-state index is 0.153. The van der Waals surface area contributed by atoms with Crippen molar-refractivity contribution in [1.82, 2.24) is 5.32 Å². The molecule has 1 unspecified atom stereocenters. The van der Waals surface area contributed by atoms with E-state index in [4.69, 9.17) is 4.42 Å². The van der Waals surface area contributed by atoms with Crippen molar-refractivity contribution in [1.29, 1.82) is 0 Å². The molecule has 0 saturated heterocycles. The molecule has 2 aromatic rings. The van der Waals surface area contributed by atoms with Crippen LogP contribution in [0.2, 0.25) is 0 Å². The quantitative estimate of drug-likeness (QED) is 0.846. The van der Waals surface area contributed by atoms with E-state index in [-0.39, 0.29) is 6.04 Å². The maximum Gasteiger partial charge on any atom is 0.125 e. The number of rotatable bonds is 4. The summed E-state index contributed by atoms with van der Waals surface area (Å²) < 4.78 is 5.69. The molecule has 84 valence electrons. The fourth-order valence-electron chi connectivity index (χ4n) is 1.84. The third-order valence-electron chi connectivity index (χ3n) is 2.59. The summed E-state index contributed by atoms with van der Waals surface area (Å²) in [5.41, 5.74) is 1.23. The van der Waals surface area contributed by atoms with E-state index >= 15 is 0 Å². The molecule has 0 bridgehead atoms. The van der Waals surface area contributed by atoms with E-state index in [1.54, 1.807) is 0 Å². The second-order valence-corrected chi connectivity index (χ2v) is 3.85. The molecule has 16 heavy (non-hydrogen) atoms. The van der Waals surface area contributed by atoms with E-state index in [9.17, 15) is 0 Å². The Morgan fingerprint density at radius 3 is 2.44 bits per heavy atom. The van der Waals surface area contributed by atoms with Gasteiger partial charge in [-0.3, -0.25) is 0 Å². The molecule has 2 heteroatoms. The van der Waals surface area contributed by atoms with Crippen LogP contribution in [0.4, 0.5) is 0 Å². The van der Waals surface area contributed by atoms with E-state index in [0.29, 0.717) is 0 Å². The molecule has 1 heterocycles. The van der Waals surface area contributed by atoms with Crippen molar-refractivity contribution in [2.24, 2.45) is 0 Å². The first-order valence-corrected chi connectivity index (χ1v) is 5.66. The van der Waals surface area contributed by atoms with Crippen LogP contribution in [0.3, 0.4) is 0 Å². The van der Waals surface area contributed by atoms with Crippen molar-refractivity contribution in [3.8, 4) is 0 Å². The van der Waals surface area contributed by atoms with Crippen LogP contribution in [0.15, 0.2) is 46.9 Å². The van der Waals surface area contributed by atoms with Gasteiger partial charge in [0.2, 0.25) is 0 Å².